The first-order valence-corrected chi connectivity index (χ1v) is 14.7. The molecule has 2 aromatic rings. The Labute approximate surface area is 275 Å². The maximum Gasteiger partial charge on any atom is 0.416 e. The number of anilines is 2. The number of piperazine rings is 1. The SMILES string of the molecule is NCCCC[C@@H]1C(=O)N2C[C@H](NC(=O)Nc3cc(C(F)(F)F)cc(C(F)(F)F)c3)C[C@@H]2CN1C(=O)Nc1cc(C(F)(F)F)cc(C(F)(F)F)c1. The van der Waals surface area contributed by atoms with Crippen molar-refractivity contribution in [1.29, 1.82) is 0 Å². The molecule has 0 aromatic heterocycles. The first kappa shape index (κ1) is 38.4. The standard InChI is InChI=1S/C29H28F12N6O3/c30-26(31,32)14-5-15(27(33,34)35)8-18(7-14)43-24(49)44-20-11-21-13-47(22(3-1-2-4-42)23(48)46(21)12-20)25(50)45-19-9-16(28(36,37)38)6-17(10-19)29(39,40)41/h5-10,20-22H,1-4,11-13,42H2,(H,45,50)(H2,43,44,49)/t20-,21-,22-/m1/s1. The number of hydrogen-bond acceptors (Lipinski definition) is 4. The van der Waals surface area contributed by atoms with E-state index in [0.717, 1.165) is 4.90 Å². The van der Waals surface area contributed by atoms with Crippen molar-refractivity contribution in [3.05, 3.63) is 58.7 Å². The van der Waals surface area contributed by atoms with Crippen LogP contribution in [0.5, 0.6) is 0 Å². The average molecular weight is 737 g/mol. The number of nitrogens with zero attached hydrogens (tertiary/aromatic N) is 2. The Morgan fingerprint density at radius 3 is 1.60 bits per heavy atom. The van der Waals surface area contributed by atoms with Crippen molar-refractivity contribution < 1.29 is 67.1 Å². The first-order chi connectivity index (χ1) is 23.0. The lowest BCUT2D eigenvalue weighted by atomic mass is 10.0. The largest absolute Gasteiger partial charge is 0.416 e. The van der Waals surface area contributed by atoms with Crippen LogP contribution >= 0.6 is 0 Å². The fourth-order valence-corrected chi connectivity index (χ4v) is 5.73. The smallest absolute Gasteiger partial charge is 0.334 e. The highest BCUT2D eigenvalue weighted by Gasteiger charge is 2.47. The molecule has 276 valence electrons. The summed E-state index contributed by atoms with van der Waals surface area (Å²) in [6.07, 6.45) is -20.2. The first-order valence-electron chi connectivity index (χ1n) is 14.7. The van der Waals surface area contributed by atoms with E-state index in [0.29, 0.717) is 30.7 Å². The monoisotopic (exact) mass is 736 g/mol. The van der Waals surface area contributed by atoms with Crippen molar-refractivity contribution in [2.45, 2.75) is 68.5 Å². The third kappa shape index (κ3) is 9.21. The van der Waals surface area contributed by atoms with Gasteiger partial charge in [-0.25, -0.2) is 9.59 Å². The van der Waals surface area contributed by atoms with Gasteiger partial charge in [-0.15, -0.1) is 0 Å². The quantitative estimate of drug-likeness (QED) is 0.183. The van der Waals surface area contributed by atoms with Crippen LogP contribution in [-0.2, 0) is 29.5 Å². The molecule has 5 amide bonds. The molecule has 21 heteroatoms. The number of hydrogen-bond donors (Lipinski definition) is 4. The fourth-order valence-electron chi connectivity index (χ4n) is 5.73. The summed E-state index contributed by atoms with van der Waals surface area (Å²) in [5.41, 5.74) is -2.90. The number of fused-ring (bicyclic) bond motifs is 1. The molecule has 2 heterocycles. The molecule has 0 spiro atoms. The third-order valence-electron chi connectivity index (χ3n) is 7.98. The second-order valence-electron chi connectivity index (χ2n) is 11.6. The number of carbonyl (C=O) groups excluding carboxylic acids is 3. The van der Waals surface area contributed by atoms with Crippen LogP contribution < -0.4 is 21.7 Å². The van der Waals surface area contributed by atoms with Gasteiger partial charge in [-0.2, -0.15) is 52.7 Å². The van der Waals surface area contributed by atoms with Gasteiger partial charge in [-0.3, -0.25) is 4.79 Å². The van der Waals surface area contributed by atoms with Gasteiger partial charge in [-0.05, 0) is 68.6 Å². The number of rotatable bonds is 7. The maximum absolute atomic E-state index is 13.6. The third-order valence-corrected chi connectivity index (χ3v) is 7.98. The highest BCUT2D eigenvalue weighted by molar-refractivity contribution is 5.95. The Bertz CT molecular complexity index is 1530. The summed E-state index contributed by atoms with van der Waals surface area (Å²) in [4.78, 5) is 41.8. The summed E-state index contributed by atoms with van der Waals surface area (Å²) in [7, 11) is 0. The minimum absolute atomic E-state index is 0.00126. The number of benzene rings is 2. The number of amides is 5. The lowest BCUT2D eigenvalue weighted by molar-refractivity contribution is -0.144. The van der Waals surface area contributed by atoms with Crippen molar-refractivity contribution in [1.82, 2.24) is 15.1 Å². The molecular weight excluding hydrogens is 708 g/mol. The minimum atomic E-state index is -5.20. The second-order valence-corrected chi connectivity index (χ2v) is 11.6. The summed E-state index contributed by atoms with van der Waals surface area (Å²) >= 11 is 0. The zero-order valence-corrected chi connectivity index (χ0v) is 25.4. The summed E-state index contributed by atoms with van der Waals surface area (Å²) in [5.74, 6) is -0.675. The molecule has 0 bridgehead atoms. The van der Waals surface area contributed by atoms with Crippen LogP contribution in [0.15, 0.2) is 36.4 Å². The van der Waals surface area contributed by atoms with Gasteiger partial charge in [0.2, 0.25) is 5.91 Å². The van der Waals surface area contributed by atoms with E-state index >= 15 is 0 Å². The van der Waals surface area contributed by atoms with Crippen molar-refractivity contribution >= 4 is 29.3 Å². The summed E-state index contributed by atoms with van der Waals surface area (Å²) < 4.78 is 159. The van der Waals surface area contributed by atoms with Crippen LogP contribution in [0.1, 0.15) is 47.9 Å². The predicted octanol–water partition coefficient (Wildman–Crippen LogP) is 6.90. The van der Waals surface area contributed by atoms with Crippen LogP contribution in [0.25, 0.3) is 0 Å². The lowest BCUT2D eigenvalue weighted by Crippen LogP contribution is -2.62. The molecule has 0 radical (unpaired) electrons. The fraction of sp³-hybridized carbons (Fsp3) is 0.483. The van der Waals surface area contributed by atoms with Gasteiger partial charge < -0.3 is 31.5 Å². The van der Waals surface area contributed by atoms with Gasteiger partial charge in [0.25, 0.3) is 0 Å². The molecule has 2 aliphatic heterocycles. The van der Waals surface area contributed by atoms with E-state index < -0.39 is 94.4 Å². The maximum atomic E-state index is 13.6. The van der Waals surface area contributed by atoms with E-state index in [2.05, 4.69) is 5.32 Å². The molecule has 5 N–H and O–H groups in total. The van der Waals surface area contributed by atoms with Crippen molar-refractivity contribution in [3.8, 4) is 0 Å². The number of unbranched alkanes of at least 4 members (excludes halogenated alkanes) is 1. The van der Waals surface area contributed by atoms with Gasteiger partial charge in [-0.1, -0.05) is 0 Å². The molecule has 3 atom stereocenters. The van der Waals surface area contributed by atoms with Gasteiger partial charge >= 0.3 is 36.8 Å². The molecule has 2 aliphatic rings. The molecule has 2 fully saturated rings. The highest BCUT2D eigenvalue weighted by atomic mass is 19.4. The molecule has 0 aliphatic carbocycles. The van der Waals surface area contributed by atoms with E-state index in [-0.39, 0.29) is 51.0 Å². The summed E-state index contributed by atoms with van der Waals surface area (Å²) in [6.45, 7) is -0.293. The van der Waals surface area contributed by atoms with Gasteiger partial charge in [0.15, 0.2) is 0 Å². The Balaban J connectivity index is 1.52. The molecule has 0 unspecified atom stereocenters. The Morgan fingerprint density at radius 2 is 1.16 bits per heavy atom. The molecule has 2 aromatic carbocycles. The highest BCUT2D eigenvalue weighted by Crippen LogP contribution is 2.39. The van der Waals surface area contributed by atoms with Crippen LogP contribution in [-0.4, -0.2) is 65.5 Å². The van der Waals surface area contributed by atoms with Gasteiger partial charge in [0.05, 0.1) is 34.3 Å². The Hall–Kier alpha value is -4.43. The topological polar surface area (TPSA) is 120 Å². The summed E-state index contributed by atoms with van der Waals surface area (Å²) in [6, 6.07) is -4.50. The van der Waals surface area contributed by atoms with Gasteiger partial charge in [0.1, 0.15) is 6.04 Å². The number of halogens is 12. The van der Waals surface area contributed by atoms with Crippen LogP contribution in [0.3, 0.4) is 0 Å². The molecule has 4 rings (SSSR count). The Kier molecular flexibility index (Phi) is 10.8. The number of alkyl halides is 12. The average Bonchev–Trinajstić information content (AvgIpc) is 3.38. The number of urea groups is 2. The molecule has 2 saturated heterocycles. The molecule has 50 heavy (non-hydrogen) atoms. The van der Waals surface area contributed by atoms with Crippen molar-refractivity contribution in [2.75, 3.05) is 30.3 Å². The van der Waals surface area contributed by atoms with Crippen LogP contribution in [0, 0.1) is 0 Å². The minimum Gasteiger partial charge on any atom is -0.334 e. The van der Waals surface area contributed by atoms with Crippen molar-refractivity contribution in [2.24, 2.45) is 5.73 Å². The number of nitrogens with two attached hydrogens (primary N) is 1. The van der Waals surface area contributed by atoms with E-state index in [9.17, 15) is 67.1 Å². The van der Waals surface area contributed by atoms with E-state index in [1.54, 1.807) is 0 Å². The zero-order valence-electron chi connectivity index (χ0n) is 25.4. The molecule has 0 saturated carbocycles. The predicted molar refractivity (Wildman–Crippen MR) is 151 cm³/mol. The van der Waals surface area contributed by atoms with Crippen LogP contribution in [0.2, 0.25) is 0 Å². The molecular formula is C29H28F12N6O3. The van der Waals surface area contributed by atoms with Crippen LogP contribution in [0.4, 0.5) is 73.6 Å². The second kappa shape index (κ2) is 14.1. The Morgan fingerprint density at radius 1 is 0.700 bits per heavy atom. The summed E-state index contributed by atoms with van der Waals surface area (Å²) in [5, 5.41) is 6.28. The van der Waals surface area contributed by atoms with E-state index in [1.165, 1.54) is 4.90 Å². The molecule has 9 nitrogen and oxygen atoms in total. The van der Waals surface area contributed by atoms with E-state index in [4.69, 9.17) is 5.73 Å². The zero-order chi connectivity index (χ0) is 37.4. The number of nitrogens with one attached hydrogen (secondary N) is 3. The van der Waals surface area contributed by atoms with E-state index in [1.807, 2.05) is 10.6 Å². The number of carbonyl (C=O) groups is 3. The van der Waals surface area contributed by atoms with Crippen molar-refractivity contribution in [3.63, 3.8) is 0 Å². The normalized spacial score (nSPS) is 20.1. The van der Waals surface area contributed by atoms with Gasteiger partial charge in [0, 0.05) is 24.5 Å². The lowest BCUT2D eigenvalue weighted by Gasteiger charge is -2.42.